The van der Waals surface area contributed by atoms with Gasteiger partial charge in [-0.3, -0.25) is 0 Å². The third kappa shape index (κ3) is 2.41. The van der Waals surface area contributed by atoms with Gasteiger partial charge in [0, 0.05) is 6.42 Å². The van der Waals surface area contributed by atoms with E-state index in [2.05, 4.69) is 6.07 Å². The van der Waals surface area contributed by atoms with Crippen LogP contribution in [0.25, 0.3) is 0 Å². The zero-order valence-electron chi connectivity index (χ0n) is 10.8. The van der Waals surface area contributed by atoms with E-state index in [0.717, 1.165) is 30.4 Å². The summed E-state index contributed by atoms with van der Waals surface area (Å²) in [6, 6.07) is 14.5. The number of aliphatic hydroxyl groups is 1. The molecular weight excluding hydrogens is 239 g/mol. The van der Waals surface area contributed by atoms with Gasteiger partial charge < -0.3 is 5.11 Å². The number of halogens is 1. The Kier molecular flexibility index (Phi) is 3.11. The van der Waals surface area contributed by atoms with Crippen LogP contribution in [0.1, 0.15) is 29.5 Å². The molecule has 0 radical (unpaired) electrons. The van der Waals surface area contributed by atoms with E-state index in [1.165, 1.54) is 17.7 Å². The Bertz CT molecular complexity index is 593. The lowest BCUT2D eigenvalue weighted by molar-refractivity contribution is 0.0190. The number of rotatable bonds is 2. The monoisotopic (exact) mass is 256 g/mol. The van der Waals surface area contributed by atoms with E-state index < -0.39 is 5.60 Å². The van der Waals surface area contributed by atoms with Crippen molar-refractivity contribution >= 4 is 0 Å². The zero-order valence-corrected chi connectivity index (χ0v) is 10.8. The van der Waals surface area contributed by atoms with Gasteiger partial charge in [0.15, 0.2) is 0 Å². The average Bonchev–Trinajstić information content (AvgIpc) is 2.39. The molecule has 0 fully saturated rings. The Balaban J connectivity index is 1.96. The molecule has 1 unspecified atom stereocenters. The molecule has 2 aromatic rings. The van der Waals surface area contributed by atoms with Crippen LogP contribution in [-0.2, 0) is 18.4 Å². The number of fused-ring (bicyclic) bond motifs is 1. The van der Waals surface area contributed by atoms with Crippen molar-refractivity contribution in [3.63, 3.8) is 0 Å². The lowest BCUT2D eigenvalue weighted by Crippen LogP contribution is -2.33. The van der Waals surface area contributed by atoms with Crippen LogP contribution in [0.5, 0.6) is 0 Å². The van der Waals surface area contributed by atoms with Crippen LogP contribution in [0.2, 0.25) is 0 Å². The Morgan fingerprint density at radius 1 is 1.11 bits per heavy atom. The predicted octanol–water partition coefficient (Wildman–Crippen LogP) is 3.59. The van der Waals surface area contributed by atoms with Crippen molar-refractivity contribution in [2.45, 2.75) is 31.3 Å². The Labute approximate surface area is 112 Å². The number of hydrogen-bond donors (Lipinski definition) is 1. The maximum atomic E-state index is 13.3. The van der Waals surface area contributed by atoms with Gasteiger partial charge in [-0.25, -0.2) is 4.39 Å². The molecule has 1 aliphatic rings. The molecule has 0 spiro atoms. The Morgan fingerprint density at radius 2 is 1.95 bits per heavy atom. The van der Waals surface area contributed by atoms with Crippen LogP contribution in [0, 0.1) is 5.82 Å². The van der Waals surface area contributed by atoms with Crippen molar-refractivity contribution in [1.82, 2.24) is 0 Å². The maximum Gasteiger partial charge on any atom is 0.123 e. The van der Waals surface area contributed by atoms with Gasteiger partial charge in [0.05, 0.1) is 5.60 Å². The highest BCUT2D eigenvalue weighted by Gasteiger charge is 2.34. The molecule has 0 aliphatic heterocycles. The summed E-state index contributed by atoms with van der Waals surface area (Å²) < 4.78 is 13.3. The minimum Gasteiger partial charge on any atom is -0.385 e. The third-order valence-electron chi connectivity index (χ3n) is 3.94. The van der Waals surface area contributed by atoms with Gasteiger partial charge in [0.1, 0.15) is 5.82 Å². The predicted molar refractivity (Wildman–Crippen MR) is 73.4 cm³/mol. The van der Waals surface area contributed by atoms with Gasteiger partial charge in [-0.1, -0.05) is 36.4 Å². The fourth-order valence-corrected chi connectivity index (χ4v) is 3.07. The molecule has 19 heavy (non-hydrogen) atoms. The van der Waals surface area contributed by atoms with Crippen LogP contribution in [0.4, 0.5) is 4.39 Å². The summed E-state index contributed by atoms with van der Waals surface area (Å²) in [7, 11) is 0. The molecule has 2 heteroatoms. The molecule has 0 aromatic heterocycles. The first kappa shape index (κ1) is 12.4. The number of hydrogen-bond acceptors (Lipinski definition) is 1. The molecule has 1 aliphatic carbocycles. The van der Waals surface area contributed by atoms with Crippen molar-refractivity contribution in [2.24, 2.45) is 0 Å². The zero-order chi connectivity index (χ0) is 13.3. The van der Waals surface area contributed by atoms with Crippen LogP contribution in [0.15, 0.2) is 48.5 Å². The molecule has 2 aromatic carbocycles. The maximum absolute atomic E-state index is 13.3. The molecule has 0 heterocycles. The molecule has 3 rings (SSSR count). The van der Waals surface area contributed by atoms with Gasteiger partial charge in [-0.2, -0.15) is 0 Å². The summed E-state index contributed by atoms with van der Waals surface area (Å²) in [5.74, 6) is -0.245. The van der Waals surface area contributed by atoms with E-state index in [9.17, 15) is 9.50 Å². The third-order valence-corrected chi connectivity index (χ3v) is 3.94. The van der Waals surface area contributed by atoms with Crippen molar-refractivity contribution in [1.29, 1.82) is 0 Å². The van der Waals surface area contributed by atoms with Gasteiger partial charge in [0.25, 0.3) is 0 Å². The number of benzene rings is 2. The highest BCUT2D eigenvalue weighted by molar-refractivity contribution is 5.36. The van der Waals surface area contributed by atoms with E-state index >= 15 is 0 Å². The lowest BCUT2D eigenvalue weighted by atomic mass is 9.76. The van der Waals surface area contributed by atoms with Crippen LogP contribution >= 0.6 is 0 Å². The molecule has 0 saturated heterocycles. The number of aryl methyl sites for hydroxylation is 1. The summed E-state index contributed by atoms with van der Waals surface area (Å²) in [4.78, 5) is 0. The highest BCUT2D eigenvalue weighted by Crippen LogP contribution is 2.37. The lowest BCUT2D eigenvalue weighted by Gasteiger charge is -2.34. The van der Waals surface area contributed by atoms with Crippen molar-refractivity contribution in [3.05, 3.63) is 71.0 Å². The minimum atomic E-state index is -0.858. The van der Waals surface area contributed by atoms with E-state index in [1.807, 2.05) is 24.3 Å². The molecule has 0 amide bonds. The Hall–Kier alpha value is -1.67. The van der Waals surface area contributed by atoms with Crippen molar-refractivity contribution in [3.8, 4) is 0 Å². The fourth-order valence-electron chi connectivity index (χ4n) is 3.07. The summed E-state index contributed by atoms with van der Waals surface area (Å²) in [6.45, 7) is 0. The van der Waals surface area contributed by atoms with Crippen LogP contribution in [-0.4, -0.2) is 5.11 Å². The first-order valence-corrected chi connectivity index (χ1v) is 6.73. The standard InChI is InChI=1S/C17H17FO/c18-15-8-3-5-13(11-15)12-17(19)10-4-7-14-6-1-2-9-16(14)17/h1-3,5-6,8-9,11,19H,4,7,10,12H2. The topological polar surface area (TPSA) is 20.2 Å². The summed E-state index contributed by atoms with van der Waals surface area (Å²) in [5, 5.41) is 10.9. The van der Waals surface area contributed by atoms with Crippen molar-refractivity contribution in [2.75, 3.05) is 0 Å². The molecule has 1 nitrogen and oxygen atoms in total. The van der Waals surface area contributed by atoms with Crippen molar-refractivity contribution < 1.29 is 9.50 Å². The van der Waals surface area contributed by atoms with Gasteiger partial charge in [-0.05, 0) is 48.1 Å². The summed E-state index contributed by atoms with van der Waals surface area (Å²) in [6.07, 6.45) is 3.20. The molecular formula is C17H17FO. The van der Waals surface area contributed by atoms with E-state index in [-0.39, 0.29) is 5.82 Å². The van der Waals surface area contributed by atoms with Crippen LogP contribution < -0.4 is 0 Å². The second-order valence-electron chi connectivity index (χ2n) is 5.35. The van der Waals surface area contributed by atoms with Gasteiger partial charge in [-0.15, -0.1) is 0 Å². The Morgan fingerprint density at radius 3 is 2.79 bits per heavy atom. The van der Waals surface area contributed by atoms with E-state index in [4.69, 9.17) is 0 Å². The first-order valence-electron chi connectivity index (χ1n) is 6.73. The van der Waals surface area contributed by atoms with Gasteiger partial charge in [0.2, 0.25) is 0 Å². The molecule has 0 saturated carbocycles. The van der Waals surface area contributed by atoms with Crippen LogP contribution in [0.3, 0.4) is 0 Å². The van der Waals surface area contributed by atoms with Gasteiger partial charge >= 0.3 is 0 Å². The summed E-state index contributed by atoms with van der Waals surface area (Å²) >= 11 is 0. The second-order valence-corrected chi connectivity index (χ2v) is 5.35. The average molecular weight is 256 g/mol. The van der Waals surface area contributed by atoms with E-state index in [0.29, 0.717) is 6.42 Å². The molecule has 1 N–H and O–H groups in total. The summed E-state index contributed by atoms with van der Waals surface area (Å²) in [5.41, 5.74) is 2.21. The van der Waals surface area contributed by atoms with E-state index in [1.54, 1.807) is 6.07 Å². The smallest absolute Gasteiger partial charge is 0.123 e. The largest absolute Gasteiger partial charge is 0.385 e. The second kappa shape index (κ2) is 4.78. The minimum absolute atomic E-state index is 0.245. The quantitative estimate of drug-likeness (QED) is 0.870. The fraction of sp³-hybridized carbons (Fsp3) is 0.294. The molecule has 0 bridgehead atoms. The highest BCUT2D eigenvalue weighted by atomic mass is 19.1. The first-order chi connectivity index (χ1) is 9.17. The normalized spacial score (nSPS) is 22.0. The molecule has 98 valence electrons. The SMILES string of the molecule is OC1(Cc2cccc(F)c2)CCCc2ccccc21. The molecule has 1 atom stereocenters.